The number of hydrogen-bond donors (Lipinski definition) is 1. The first kappa shape index (κ1) is 16.4. The number of aryl methyl sites for hydroxylation is 1. The highest BCUT2D eigenvalue weighted by Crippen LogP contribution is 2.32. The van der Waals surface area contributed by atoms with Gasteiger partial charge in [0.1, 0.15) is 10.6 Å². The number of thioether (sulfide) groups is 1. The summed E-state index contributed by atoms with van der Waals surface area (Å²) in [5.74, 6) is -0.375. The molecule has 0 atom stereocenters. The Morgan fingerprint density at radius 1 is 1.48 bits per heavy atom. The molecule has 21 heavy (non-hydrogen) atoms. The zero-order valence-corrected chi connectivity index (χ0v) is 14.0. The molecule has 1 fully saturated rings. The number of carboxylic acids is 1. The molecule has 1 aromatic rings. The second-order valence-corrected chi connectivity index (χ2v) is 9.34. The molecule has 2 heterocycles. The molecule has 0 amide bonds. The largest absolute Gasteiger partial charge is 0.477 e. The predicted octanol–water partition coefficient (Wildman–Crippen LogP) is 1.72. The fourth-order valence-corrected chi connectivity index (χ4v) is 5.34. The molecule has 118 valence electrons. The number of aromatic carboxylic acids is 1. The summed E-state index contributed by atoms with van der Waals surface area (Å²) in [6.07, 6.45) is 1.41. The monoisotopic (exact) mass is 332 g/mol. The first-order valence-corrected chi connectivity index (χ1v) is 9.17. The van der Waals surface area contributed by atoms with Crippen molar-refractivity contribution in [1.29, 1.82) is 0 Å². The number of carboxylic acid groups (broad SMARTS) is 1. The molecule has 8 heteroatoms. The molecule has 1 N–H and O–H groups in total. The SMILES string of the molecule is CCn1cc(S(=O)(=O)N2CCSC(C)(C)C2)cc1C(=O)O. The third-order valence-corrected chi connectivity index (χ3v) is 6.57. The minimum absolute atomic E-state index is 0.00159. The van der Waals surface area contributed by atoms with Gasteiger partial charge >= 0.3 is 5.97 Å². The highest BCUT2D eigenvalue weighted by molar-refractivity contribution is 8.00. The van der Waals surface area contributed by atoms with Crippen LogP contribution in [0.25, 0.3) is 0 Å². The van der Waals surface area contributed by atoms with Gasteiger partial charge < -0.3 is 9.67 Å². The number of carbonyl (C=O) groups is 1. The normalized spacial score (nSPS) is 19.6. The molecule has 0 saturated carbocycles. The van der Waals surface area contributed by atoms with Gasteiger partial charge in [-0.15, -0.1) is 0 Å². The highest BCUT2D eigenvalue weighted by Gasteiger charge is 2.35. The number of nitrogens with zero attached hydrogens (tertiary/aromatic N) is 2. The van der Waals surface area contributed by atoms with E-state index in [-0.39, 0.29) is 15.3 Å². The van der Waals surface area contributed by atoms with Crippen molar-refractivity contribution in [2.24, 2.45) is 0 Å². The Kier molecular flexibility index (Phi) is 4.41. The van der Waals surface area contributed by atoms with Crippen molar-refractivity contribution in [2.75, 3.05) is 18.8 Å². The first-order chi connectivity index (χ1) is 9.67. The van der Waals surface area contributed by atoms with Crippen molar-refractivity contribution in [3.05, 3.63) is 18.0 Å². The molecule has 0 aromatic carbocycles. The zero-order valence-electron chi connectivity index (χ0n) is 12.4. The van der Waals surface area contributed by atoms with E-state index < -0.39 is 16.0 Å². The van der Waals surface area contributed by atoms with E-state index in [0.29, 0.717) is 19.6 Å². The molecule has 0 radical (unpaired) electrons. The van der Waals surface area contributed by atoms with Crippen LogP contribution in [-0.2, 0) is 16.6 Å². The average Bonchev–Trinajstić information content (AvgIpc) is 2.82. The van der Waals surface area contributed by atoms with E-state index in [1.807, 2.05) is 13.8 Å². The van der Waals surface area contributed by atoms with Gasteiger partial charge in [-0.2, -0.15) is 16.1 Å². The summed E-state index contributed by atoms with van der Waals surface area (Å²) in [6, 6.07) is 1.25. The smallest absolute Gasteiger partial charge is 0.352 e. The lowest BCUT2D eigenvalue weighted by Crippen LogP contribution is -2.45. The van der Waals surface area contributed by atoms with E-state index in [1.165, 1.54) is 21.1 Å². The average molecular weight is 332 g/mol. The molecule has 0 bridgehead atoms. The van der Waals surface area contributed by atoms with E-state index in [2.05, 4.69) is 0 Å². The number of aromatic nitrogens is 1. The van der Waals surface area contributed by atoms with Crippen molar-refractivity contribution in [2.45, 2.75) is 37.0 Å². The van der Waals surface area contributed by atoms with Crippen LogP contribution in [0.5, 0.6) is 0 Å². The van der Waals surface area contributed by atoms with E-state index in [1.54, 1.807) is 18.7 Å². The van der Waals surface area contributed by atoms with Gasteiger partial charge in [0.05, 0.1) is 0 Å². The minimum atomic E-state index is -3.64. The summed E-state index contributed by atoms with van der Waals surface area (Å²) in [6.45, 7) is 7.11. The lowest BCUT2D eigenvalue weighted by atomic mass is 10.2. The molecule has 6 nitrogen and oxygen atoms in total. The van der Waals surface area contributed by atoms with Gasteiger partial charge in [-0.3, -0.25) is 0 Å². The Morgan fingerprint density at radius 2 is 2.14 bits per heavy atom. The van der Waals surface area contributed by atoms with Gasteiger partial charge in [-0.05, 0) is 26.8 Å². The molecular weight excluding hydrogens is 312 g/mol. The lowest BCUT2D eigenvalue weighted by Gasteiger charge is -2.36. The quantitative estimate of drug-likeness (QED) is 0.908. The van der Waals surface area contributed by atoms with Gasteiger partial charge in [0.2, 0.25) is 10.0 Å². The first-order valence-electron chi connectivity index (χ1n) is 6.75. The third-order valence-electron chi connectivity index (χ3n) is 3.46. The highest BCUT2D eigenvalue weighted by atomic mass is 32.2. The van der Waals surface area contributed by atoms with Gasteiger partial charge in [-0.25, -0.2) is 13.2 Å². The lowest BCUT2D eigenvalue weighted by molar-refractivity contribution is 0.0685. The maximum atomic E-state index is 12.7. The van der Waals surface area contributed by atoms with Crippen LogP contribution in [0, 0.1) is 0 Å². The van der Waals surface area contributed by atoms with Crippen molar-refractivity contribution >= 4 is 27.8 Å². The molecular formula is C13H20N2O4S2. The summed E-state index contributed by atoms with van der Waals surface area (Å²) in [7, 11) is -3.64. The molecule has 1 saturated heterocycles. The predicted molar refractivity (Wildman–Crippen MR) is 82.4 cm³/mol. The van der Waals surface area contributed by atoms with Crippen LogP contribution in [0.2, 0.25) is 0 Å². The van der Waals surface area contributed by atoms with E-state index in [0.717, 1.165) is 5.75 Å². The fraction of sp³-hybridized carbons (Fsp3) is 0.615. The van der Waals surface area contributed by atoms with Gasteiger partial charge in [0.25, 0.3) is 0 Å². The number of sulfonamides is 1. The number of rotatable bonds is 4. The fourth-order valence-electron chi connectivity index (χ4n) is 2.39. The molecule has 0 spiro atoms. The number of hydrogen-bond acceptors (Lipinski definition) is 4. The summed E-state index contributed by atoms with van der Waals surface area (Å²) >= 11 is 1.75. The van der Waals surface area contributed by atoms with Crippen LogP contribution in [-0.4, -0.2) is 52.0 Å². The third kappa shape index (κ3) is 3.27. The second kappa shape index (κ2) is 5.66. The Morgan fingerprint density at radius 3 is 2.62 bits per heavy atom. The van der Waals surface area contributed by atoms with Crippen LogP contribution in [0.1, 0.15) is 31.3 Å². The second-order valence-electron chi connectivity index (χ2n) is 5.60. The van der Waals surface area contributed by atoms with Crippen LogP contribution in [0.3, 0.4) is 0 Å². The summed E-state index contributed by atoms with van der Waals surface area (Å²) < 4.78 is 28.1. The zero-order chi connectivity index (χ0) is 15.8. The topological polar surface area (TPSA) is 79.6 Å². The van der Waals surface area contributed by atoms with Crippen LogP contribution < -0.4 is 0 Å². The minimum Gasteiger partial charge on any atom is -0.477 e. The molecule has 1 aliphatic heterocycles. The van der Waals surface area contributed by atoms with Gasteiger partial charge in [-0.1, -0.05) is 0 Å². The van der Waals surface area contributed by atoms with Crippen molar-refractivity contribution < 1.29 is 18.3 Å². The maximum absolute atomic E-state index is 12.7. The molecule has 2 rings (SSSR count). The van der Waals surface area contributed by atoms with E-state index in [4.69, 9.17) is 5.11 Å². The Balaban J connectivity index is 2.38. The summed E-state index contributed by atoms with van der Waals surface area (Å²) in [5, 5.41) is 9.14. The van der Waals surface area contributed by atoms with Gasteiger partial charge in [0.15, 0.2) is 0 Å². The summed E-state index contributed by atoms with van der Waals surface area (Å²) in [4.78, 5) is 11.2. The van der Waals surface area contributed by atoms with Crippen molar-refractivity contribution in [3.63, 3.8) is 0 Å². The summed E-state index contributed by atoms with van der Waals surface area (Å²) in [5.41, 5.74) is 0.00159. The van der Waals surface area contributed by atoms with E-state index >= 15 is 0 Å². The van der Waals surface area contributed by atoms with Crippen LogP contribution in [0.4, 0.5) is 0 Å². The van der Waals surface area contributed by atoms with Crippen molar-refractivity contribution in [1.82, 2.24) is 8.87 Å². The molecule has 0 unspecified atom stereocenters. The molecule has 1 aromatic heterocycles. The molecule has 1 aliphatic rings. The maximum Gasteiger partial charge on any atom is 0.352 e. The Bertz CT molecular complexity index is 649. The van der Waals surface area contributed by atoms with E-state index in [9.17, 15) is 13.2 Å². The Labute approximate surface area is 129 Å². The Hall–Kier alpha value is -0.990. The van der Waals surface area contributed by atoms with Crippen LogP contribution >= 0.6 is 11.8 Å². The van der Waals surface area contributed by atoms with Crippen LogP contribution in [0.15, 0.2) is 17.2 Å². The molecule has 0 aliphatic carbocycles. The standard InChI is InChI=1S/C13H20N2O4S2/c1-4-14-8-10(7-11(14)12(16)17)21(18,19)15-5-6-20-13(2,3)9-15/h7-8H,4-6,9H2,1-3H3,(H,16,17). The van der Waals surface area contributed by atoms with Crippen molar-refractivity contribution in [3.8, 4) is 0 Å². The van der Waals surface area contributed by atoms with Gasteiger partial charge in [0, 0.05) is 36.3 Å².